The van der Waals surface area contributed by atoms with Crippen LogP contribution in [0.1, 0.15) is 28.8 Å². The Labute approximate surface area is 157 Å². The number of carbonyl (C=O) groups is 1. The Bertz CT molecular complexity index is 774. The van der Waals surface area contributed by atoms with Crippen molar-refractivity contribution in [2.45, 2.75) is 25.9 Å². The molecule has 6 nitrogen and oxygen atoms in total. The first-order valence-electron chi connectivity index (χ1n) is 8.54. The van der Waals surface area contributed by atoms with E-state index in [0.717, 1.165) is 30.7 Å². The van der Waals surface area contributed by atoms with E-state index in [4.69, 9.17) is 21.1 Å². The maximum atomic E-state index is 12.2. The number of rotatable bonds is 6. The zero-order valence-corrected chi connectivity index (χ0v) is 15.6. The van der Waals surface area contributed by atoms with Gasteiger partial charge in [-0.25, -0.2) is 4.98 Å². The quantitative estimate of drug-likeness (QED) is 0.805. The highest BCUT2D eigenvalue weighted by Gasteiger charge is 2.17. The molecule has 26 heavy (non-hydrogen) atoms. The number of amides is 1. The number of aromatic nitrogens is 1. The largest absolute Gasteiger partial charge is 0.495 e. The average Bonchev–Trinajstić information content (AvgIpc) is 3.17. The lowest BCUT2D eigenvalue weighted by Gasteiger charge is -2.13. The molecule has 1 amide bonds. The monoisotopic (exact) mass is 375 g/mol. The maximum Gasteiger partial charge on any atom is 0.252 e. The van der Waals surface area contributed by atoms with Crippen molar-refractivity contribution in [3.63, 3.8) is 0 Å². The van der Waals surface area contributed by atoms with Crippen LogP contribution in [-0.2, 0) is 4.74 Å². The molecule has 1 aromatic heterocycles. The number of methoxy groups -OCH3 is 1. The third-order valence-electron chi connectivity index (χ3n) is 4.28. The van der Waals surface area contributed by atoms with Crippen LogP contribution in [0, 0.1) is 6.92 Å². The van der Waals surface area contributed by atoms with Crippen molar-refractivity contribution in [3.8, 4) is 5.75 Å². The molecule has 0 saturated carbocycles. The molecule has 1 saturated heterocycles. The highest BCUT2D eigenvalue weighted by atomic mass is 35.5. The number of halogens is 1. The predicted molar refractivity (Wildman–Crippen MR) is 102 cm³/mol. The number of hydrogen-bond acceptors (Lipinski definition) is 5. The molecule has 1 unspecified atom stereocenters. The number of nitrogens with zero attached hydrogens (tertiary/aromatic N) is 1. The van der Waals surface area contributed by atoms with Crippen molar-refractivity contribution in [3.05, 3.63) is 46.6 Å². The van der Waals surface area contributed by atoms with Crippen LogP contribution in [0.2, 0.25) is 5.02 Å². The van der Waals surface area contributed by atoms with Gasteiger partial charge in [0.2, 0.25) is 0 Å². The maximum absolute atomic E-state index is 12.2. The molecule has 1 aliphatic rings. The smallest absolute Gasteiger partial charge is 0.252 e. The molecule has 138 valence electrons. The van der Waals surface area contributed by atoms with Crippen molar-refractivity contribution in [1.82, 2.24) is 10.3 Å². The molecule has 2 N–H and O–H groups in total. The zero-order valence-electron chi connectivity index (χ0n) is 14.8. The van der Waals surface area contributed by atoms with Crippen LogP contribution < -0.4 is 15.4 Å². The molecular weight excluding hydrogens is 354 g/mol. The van der Waals surface area contributed by atoms with Crippen LogP contribution in [0.15, 0.2) is 30.5 Å². The summed E-state index contributed by atoms with van der Waals surface area (Å²) in [5.41, 5.74) is 2.20. The zero-order chi connectivity index (χ0) is 18.5. The first-order chi connectivity index (χ1) is 12.6. The SMILES string of the molecule is COc1cc(Cl)c(C)cc1Nc1ccc(C(=O)NCC2CCCO2)cn1. The van der Waals surface area contributed by atoms with E-state index in [9.17, 15) is 4.79 Å². The fraction of sp³-hybridized carbons (Fsp3) is 0.368. The molecule has 1 aliphatic heterocycles. The van der Waals surface area contributed by atoms with E-state index in [-0.39, 0.29) is 12.0 Å². The van der Waals surface area contributed by atoms with Gasteiger partial charge in [0.05, 0.1) is 24.5 Å². The minimum Gasteiger partial charge on any atom is -0.495 e. The number of ether oxygens (including phenoxy) is 2. The normalized spacial score (nSPS) is 16.3. The van der Waals surface area contributed by atoms with E-state index < -0.39 is 0 Å². The summed E-state index contributed by atoms with van der Waals surface area (Å²) in [6.45, 7) is 3.22. The average molecular weight is 376 g/mol. The van der Waals surface area contributed by atoms with Crippen molar-refractivity contribution >= 4 is 29.0 Å². The first-order valence-corrected chi connectivity index (χ1v) is 8.91. The number of benzene rings is 1. The van der Waals surface area contributed by atoms with Crippen molar-refractivity contribution < 1.29 is 14.3 Å². The number of hydrogen-bond donors (Lipinski definition) is 2. The summed E-state index contributed by atoms with van der Waals surface area (Å²) in [5, 5.41) is 6.71. The molecule has 1 fully saturated rings. The molecule has 7 heteroatoms. The summed E-state index contributed by atoms with van der Waals surface area (Å²) in [7, 11) is 1.58. The van der Waals surface area contributed by atoms with Gasteiger partial charge < -0.3 is 20.1 Å². The van der Waals surface area contributed by atoms with E-state index in [1.54, 1.807) is 31.5 Å². The summed E-state index contributed by atoms with van der Waals surface area (Å²) in [4.78, 5) is 16.5. The fourth-order valence-corrected chi connectivity index (χ4v) is 2.94. The molecule has 0 radical (unpaired) electrons. The standard InChI is InChI=1S/C19H22ClN3O3/c1-12-8-16(17(25-2)9-15(12)20)23-18-6-5-13(10-21-18)19(24)22-11-14-4-3-7-26-14/h5-6,8-10,14H,3-4,7,11H2,1-2H3,(H,21,23)(H,22,24). The van der Waals surface area contributed by atoms with E-state index in [1.807, 2.05) is 13.0 Å². The van der Waals surface area contributed by atoms with Gasteiger partial charge >= 0.3 is 0 Å². The van der Waals surface area contributed by atoms with E-state index in [0.29, 0.717) is 28.7 Å². The van der Waals surface area contributed by atoms with E-state index >= 15 is 0 Å². The number of carbonyl (C=O) groups excluding carboxylic acids is 1. The molecule has 1 atom stereocenters. The Hall–Kier alpha value is -2.31. The first kappa shape index (κ1) is 18.5. The van der Waals surface area contributed by atoms with Gasteiger partial charge in [0.15, 0.2) is 0 Å². The highest BCUT2D eigenvalue weighted by Crippen LogP contribution is 2.32. The minimum absolute atomic E-state index is 0.119. The van der Waals surface area contributed by atoms with Gasteiger partial charge in [0.25, 0.3) is 5.91 Å². The minimum atomic E-state index is -0.153. The lowest BCUT2D eigenvalue weighted by atomic mass is 10.2. The molecule has 2 heterocycles. The second-order valence-corrected chi connectivity index (χ2v) is 6.61. The van der Waals surface area contributed by atoms with Gasteiger partial charge in [-0.2, -0.15) is 0 Å². The lowest BCUT2D eigenvalue weighted by Crippen LogP contribution is -2.31. The third-order valence-corrected chi connectivity index (χ3v) is 4.69. The van der Waals surface area contributed by atoms with Crippen LogP contribution >= 0.6 is 11.6 Å². The molecule has 3 rings (SSSR count). The van der Waals surface area contributed by atoms with Crippen LogP contribution in [-0.4, -0.2) is 37.3 Å². The van der Waals surface area contributed by atoms with Gasteiger partial charge in [-0.1, -0.05) is 11.6 Å². The highest BCUT2D eigenvalue weighted by molar-refractivity contribution is 6.31. The van der Waals surface area contributed by atoms with Crippen LogP contribution in [0.4, 0.5) is 11.5 Å². The molecule has 0 bridgehead atoms. The Balaban J connectivity index is 1.64. The Kier molecular flexibility index (Phi) is 5.96. The number of anilines is 2. The fourth-order valence-electron chi connectivity index (χ4n) is 2.78. The van der Waals surface area contributed by atoms with Gasteiger partial charge in [0, 0.05) is 30.4 Å². The second-order valence-electron chi connectivity index (χ2n) is 6.20. The number of pyridine rings is 1. The van der Waals surface area contributed by atoms with Crippen LogP contribution in [0.5, 0.6) is 5.75 Å². The Morgan fingerprint density at radius 3 is 2.92 bits per heavy atom. The molecule has 0 spiro atoms. The van der Waals surface area contributed by atoms with E-state index in [1.165, 1.54) is 0 Å². The lowest BCUT2D eigenvalue weighted by molar-refractivity contribution is 0.0857. The van der Waals surface area contributed by atoms with Gasteiger partial charge in [-0.05, 0) is 43.5 Å². The number of nitrogens with one attached hydrogen (secondary N) is 2. The van der Waals surface area contributed by atoms with E-state index in [2.05, 4.69) is 15.6 Å². The molecule has 2 aromatic rings. The molecule has 0 aliphatic carbocycles. The summed E-state index contributed by atoms with van der Waals surface area (Å²) >= 11 is 6.12. The summed E-state index contributed by atoms with van der Waals surface area (Å²) in [5.74, 6) is 1.08. The Morgan fingerprint density at radius 1 is 1.42 bits per heavy atom. The molecule has 1 aromatic carbocycles. The Morgan fingerprint density at radius 2 is 2.27 bits per heavy atom. The van der Waals surface area contributed by atoms with Crippen LogP contribution in [0.25, 0.3) is 0 Å². The van der Waals surface area contributed by atoms with Gasteiger partial charge in [-0.3, -0.25) is 4.79 Å². The third kappa shape index (κ3) is 4.45. The topological polar surface area (TPSA) is 72.5 Å². The summed E-state index contributed by atoms with van der Waals surface area (Å²) in [6, 6.07) is 7.14. The van der Waals surface area contributed by atoms with Crippen molar-refractivity contribution in [1.29, 1.82) is 0 Å². The van der Waals surface area contributed by atoms with Crippen molar-refractivity contribution in [2.24, 2.45) is 0 Å². The predicted octanol–water partition coefficient (Wildman–Crippen LogP) is 3.70. The van der Waals surface area contributed by atoms with Gasteiger partial charge in [0.1, 0.15) is 11.6 Å². The van der Waals surface area contributed by atoms with Crippen LogP contribution in [0.3, 0.4) is 0 Å². The van der Waals surface area contributed by atoms with Crippen molar-refractivity contribution in [2.75, 3.05) is 25.6 Å². The molecular formula is C19H22ClN3O3. The number of aryl methyl sites for hydroxylation is 1. The van der Waals surface area contributed by atoms with Gasteiger partial charge in [-0.15, -0.1) is 0 Å². The summed E-state index contributed by atoms with van der Waals surface area (Å²) < 4.78 is 10.8. The second kappa shape index (κ2) is 8.38. The summed E-state index contributed by atoms with van der Waals surface area (Å²) in [6.07, 6.45) is 3.70.